The average Bonchev–Trinajstić information content (AvgIpc) is 2.44. The van der Waals surface area contributed by atoms with Gasteiger partial charge in [0.25, 0.3) is 5.69 Å². The van der Waals surface area contributed by atoms with E-state index in [4.69, 9.17) is 14.2 Å². The lowest BCUT2D eigenvalue weighted by atomic mass is 10.1. The van der Waals surface area contributed by atoms with Crippen molar-refractivity contribution >= 4 is 17.7 Å². The summed E-state index contributed by atoms with van der Waals surface area (Å²) in [7, 11) is 2.80. The first-order valence-corrected chi connectivity index (χ1v) is 5.78. The summed E-state index contributed by atoms with van der Waals surface area (Å²) in [5, 5.41) is 11.0. The van der Waals surface area contributed by atoms with E-state index in [1.165, 1.54) is 32.4 Å². The molecule has 1 aromatic rings. The van der Waals surface area contributed by atoms with Crippen molar-refractivity contribution in [2.24, 2.45) is 0 Å². The zero-order chi connectivity index (χ0) is 15.1. The molecular formula is C13H15NO6. The van der Waals surface area contributed by atoms with Crippen LogP contribution in [0.1, 0.15) is 12.5 Å². The first-order valence-electron chi connectivity index (χ1n) is 5.78. The molecule has 0 heterocycles. The molecule has 0 saturated carbocycles. The van der Waals surface area contributed by atoms with Crippen LogP contribution in [0, 0.1) is 10.1 Å². The van der Waals surface area contributed by atoms with E-state index >= 15 is 0 Å². The molecule has 0 spiro atoms. The van der Waals surface area contributed by atoms with Gasteiger partial charge in [0.05, 0.1) is 37.4 Å². The van der Waals surface area contributed by atoms with Crippen LogP contribution < -0.4 is 9.47 Å². The summed E-state index contributed by atoms with van der Waals surface area (Å²) in [4.78, 5) is 21.7. The quantitative estimate of drug-likeness (QED) is 0.344. The summed E-state index contributed by atoms with van der Waals surface area (Å²) >= 11 is 0. The van der Waals surface area contributed by atoms with Crippen molar-refractivity contribution in [1.29, 1.82) is 0 Å². The molecule has 20 heavy (non-hydrogen) atoms. The van der Waals surface area contributed by atoms with Gasteiger partial charge in [0.15, 0.2) is 11.5 Å². The molecule has 0 fully saturated rings. The third-order valence-corrected chi connectivity index (χ3v) is 2.42. The summed E-state index contributed by atoms with van der Waals surface area (Å²) in [5.74, 6) is 0.00526. The molecule has 0 unspecified atom stereocenters. The van der Waals surface area contributed by atoms with Crippen molar-refractivity contribution in [2.45, 2.75) is 6.92 Å². The normalized spacial score (nSPS) is 10.3. The van der Waals surface area contributed by atoms with Crippen LogP contribution in [0.3, 0.4) is 0 Å². The lowest BCUT2D eigenvalue weighted by molar-refractivity contribution is -0.385. The van der Waals surface area contributed by atoms with E-state index in [-0.39, 0.29) is 23.6 Å². The van der Waals surface area contributed by atoms with Crippen LogP contribution in [-0.4, -0.2) is 31.7 Å². The lowest BCUT2D eigenvalue weighted by Crippen LogP contribution is -2.00. The second-order valence-electron chi connectivity index (χ2n) is 3.61. The summed E-state index contributed by atoms with van der Waals surface area (Å²) in [6, 6.07) is 2.66. The number of nitro groups is 1. The molecule has 1 rings (SSSR count). The van der Waals surface area contributed by atoms with Crippen molar-refractivity contribution in [3.8, 4) is 11.5 Å². The molecule has 1 aromatic carbocycles. The predicted molar refractivity (Wildman–Crippen MR) is 71.9 cm³/mol. The third kappa shape index (κ3) is 3.71. The maximum Gasteiger partial charge on any atom is 0.330 e. The van der Waals surface area contributed by atoms with Crippen molar-refractivity contribution in [1.82, 2.24) is 0 Å². The van der Waals surface area contributed by atoms with Crippen LogP contribution in [0.2, 0.25) is 0 Å². The van der Waals surface area contributed by atoms with E-state index in [0.29, 0.717) is 5.75 Å². The van der Waals surface area contributed by atoms with Gasteiger partial charge in [-0.3, -0.25) is 10.1 Å². The Labute approximate surface area is 115 Å². The van der Waals surface area contributed by atoms with E-state index in [1.54, 1.807) is 6.92 Å². The fraction of sp³-hybridized carbons (Fsp3) is 0.308. The molecule has 7 nitrogen and oxygen atoms in total. The Morgan fingerprint density at radius 3 is 2.40 bits per heavy atom. The SMILES string of the molecule is CCOC(=O)/C=C/c1cc(OC)c(OC)cc1[N+](=O)[O-]. The summed E-state index contributed by atoms with van der Waals surface area (Å²) in [6.07, 6.45) is 2.43. The van der Waals surface area contributed by atoms with Crippen LogP contribution >= 0.6 is 0 Å². The molecule has 0 aromatic heterocycles. The minimum Gasteiger partial charge on any atom is -0.493 e. The Morgan fingerprint density at radius 1 is 1.30 bits per heavy atom. The van der Waals surface area contributed by atoms with Crippen LogP contribution in [0.5, 0.6) is 11.5 Å². The fourth-order valence-corrected chi connectivity index (χ4v) is 1.52. The molecular weight excluding hydrogens is 266 g/mol. The molecule has 0 amide bonds. The molecule has 0 aliphatic carbocycles. The van der Waals surface area contributed by atoms with Gasteiger partial charge in [-0.1, -0.05) is 0 Å². The number of ether oxygens (including phenoxy) is 3. The molecule has 108 valence electrons. The number of nitrogens with zero attached hydrogens (tertiary/aromatic N) is 1. The number of carbonyl (C=O) groups is 1. The van der Waals surface area contributed by atoms with Crippen LogP contribution in [0.25, 0.3) is 6.08 Å². The Balaban J connectivity index is 3.22. The van der Waals surface area contributed by atoms with Gasteiger partial charge in [-0.2, -0.15) is 0 Å². The monoisotopic (exact) mass is 281 g/mol. The largest absolute Gasteiger partial charge is 0.493 e. The molecule has 0 bridgehead atoms. The van der Waals surface area contributed by atoms with E-state index in [0.717, 1.165) is 6.08 Å². The first kappa shape index (κ1) is 15.5. The smallest absolute Gasteiger partial charge is 0.330 e. The fourth-order valence-electron chi connectivity index (χ4n) is 1.52. The first-order chi connectivity index (χ1) is 9.53. The highest BCUT2D eigenvalue weighted by atomic mass is 16.6. The molecule has 0 aliphatic rings. The third-order valence-electron chi connectivity index (χ3n) is 2.42. The summed E-state index contributed by atoms with van der Waals surface area (Å²) in [6.45, 7) is 1.90. The van der Waals surface area contributed by atoms with Gasteiger partial charge in [-0.05, 0) is 19.1 Å². The molecule has 0 saturated heterocycles. The van der Waals surface area contributed by atoms with Crippen LogP contribution in [0.4, 0.5) is 5.69 Å². The Kier molecular flexibility index (Phi) is 5.52. The number of rotatable bonds is 6. The average molecular weight is 281 g/mol. The number of hydrogen-bond donors (Lipinski definition) is 0. The number of esters is 1. The number of methoxy groups -OCH3 is 2. The van der Waals surface area contributed by atoms with Gasteiger partial charge in [0, 0.05) is 6.08 Å². The van der Waals surface area contributed by atoms with Crippen LogP contribution in [-0.2, 0) is 9.53 Å². The minimum absolute atomic E-state index is 0.191. The number of carbonyl (C=O) groups excluding carboxylic acids is 1. The number of hydrogen-bond acceptors (Lipinski definition) is 6. The minimum atomic E-state index is -0.573. The van der Waals surface area contributed by atoms with E-state index < -0.39 is 10.9 Å². The zero-order valence-corrected chi connectivity index (χ0v) is 11.4. The van der Waals surface area contributed by atoms with Gasteiger partial charge in [0.1, 0.15) is 0 Å². The van der Waals surface area contributed by atoms with Crippen LogP contribution in [0.15, 0.2) is 18.2 Å². The van der Waals surface area contributed by atoms with Gasteiger partial charge in [0.2, 0.25) is 0 Å². The number of benzene rings is 1. The van der Waals surface area contributed by atoms with Crippen molar-refractivity contribution < 1.29 is 23.9 Å². The summed E-state index contributed by atoms with van der Waals surface area (Å²) in [5.41, 5.74) is 0.0314. The maximum absolute atomic E-state index is 11.2. The topological polar surface area (TPSA) is 87.9 Å². The standard InChI is InChI=1S/C13H15NO6/c1-4-20-13(15)6-5-9-7-11(18-2)12(19-3)8-10(9)14(16)17/h5-8H,4H2,1-3H3/b6-5+. The molecule has 0 radical (unpaired) electrons. The van der Waals surface area contributed by atoms with Gasteiger partial charge >= 0.3 is 5.97 Å². The predicted octanol–water partition coefficient (Wildman–Crippen LogP) is 2.19. The van der Waals surface area contributed by atoms with Crippen molar-refractivity contribution in [2.75, 3.05) is 20.8 Å². The second-order valence-corrected chi connectivity index (χ2v) is 3.61. The molecule has 7 heteroatoms. The second kappa shape index (κ2) is 7.13. The van der Waals surface area contributed by atoms with Crippen molar-refractivity contribution in [3.63, 3.8) is 0 Å². The molecule has 0 atom stereocenters. The van der Waals surface area contributed by atoms with E-state index in [2.05, 4.69) is 0 Å². The highest BCUT2D eigenvalue weighted by Crippen LogP contribution is 2.35. The van der Waals surface area contributed by atoms with Gasteiger partial charge in [-0.25, -0.2) is 4.79 Å². The number of nitro benzene ring substituents is 1. The van der Waals surface area contributed by atoms with Crippen molar-refractivity contribution in [3.05, 3.63) is 33.9 Å². The lowest BCUT2D eigenvalue weighted by Gasteiger charge is -2.08. The van der Waals surface area contributed by atoms with E-state index in [9.17, 15) is 14.9 Å². The van der Waals surface area contributed by atoms with E-state index in [1.807, 2.05) is 0 Å². The maximum atomic E-state index is 11.2. The molecule has 0 N–H and O–H groups in total. The molecule has 0 aliphatic heterocycles. The Hall–Kier alpha value is -2.57. The van der Waals surface area contributed by atoms with Gasteiger partial charge in [-0.15, -0.1) is 0 Å². The zero-order valence-electron chi connectivity index (χ0n) is 11.4. The Bertz CT molecular complexity index is 538. The highest BCUT2D eigenvalue weighted by molar-refractivity contribution is 5.88. The summed E-state index contributed by atoms with van der Waals surface area (Å²) < 4.78 is 14.8. The Morgan fingerprint density at radius 2 is 1.90 bits per heavy atom. The highest BCUT2D eigenvalue weighted by Gasteiger charge is 2.18. The van der Waals surface area contributed by atoms with Gasteiger partial charge < -0.3 is 14.2 Å².